The fourth-order valence-electron chi connectivity index (χ4n) is 1.45. The summed E-state index contributed by atoms with van der Waals surface area (Å²) in [5.41, 5.74) is -5.35. The maximum Gasteiger partial charge on any atom is 0.501 e. The quantitative estimate of drug-likeness (QED) is 0.871. The van der Waals surface area contributed by atoms with Crippen LogP contribution >= 0.6 is 23.1 Å². The molecular formula is C11H10F3N3O2S3. The molecule has 1 aromatic heterocycles. The fraction of sp³-hybridized carbons (Fsp3) is 0.273. The number of nitrogens with zero attached hydrogens (tertiary/aromatic N) is 2. The van der Waals surface area contributed by atoms with Crippen molar-refractivity contribution in [2.75, 3.05) is 11.9 Å². The Balaban J connectivity index is 2.37. The van der Waals surface area contributed by atoms with Crippen molar-refractivity contribution in [1.82, 2.24) is 10.2 Å². The molecule has 1 aromatic carbocycles. The third kappa shape index (κ3) is 3.52. The van der Waals surface area contributed by atoms with Crippen molar-refractivity contribution in [2.45, 2.75) is 26.6 Å². The van der Waals surface area contributed by atoms with Crippen LogP contribution in [0.3, 0.4) is 0 Å². The maximum atomic E-state index is 12.7. The van der Waals surface area contributed by atoms with Gasteiger partial charge in [-0.2, -0.15) is 13.2 Å². The monoisotopic (exact) mass is 369 g/mol. The van der Waals surface area contributed by atoms with E-state index in [1.165, 1.54) is 18.2 Å². The Kier molecular flexibility index (Phi) is 4.97. The molecule has 0 aliphatic heterocycles. The molecule has 0 amide bonds. The van der Waals surface area contributed by atoms with E-state index in [1.807, 2.05) is 6.92 Å². The Hall–Kier alpha value is -1.33. The van der Waals surface area contributed by atoms with Gasteiger partial charge in [0.2, 0.25) is 5.13 Å². The lowest BCUT2D eigenvalue weighted by atomic mass is 10.4. The summed E-state index contributed by atoms with van der Waals surface area (Å²) in [6, 6.07) is 4.94. The number of halogens is 3. The smallest absolute Gasteiger partial charge is 0.360 e. The molecule has 0 aliphatic rings. The molecule has 22 heavy (non-hydrogen) atoms. The first-order valence-electron chi connectivity index (χ1n) is 5.91. The fourth-order valence-corrected chi connectivity index (χ4v) is 4.55. The SMILES string of the molecule is CCNc1nnc(Sc2ccccc2S(=O)(=O)C(F)(F)F)s1. The highest BCUT2D eigenvalue weighted by molar-refractivity contribution is 8.02. The van der Waals surface area contributed by atoms with Crippen LogP contribution < -0.4 is 5.32 Å². The van der Waals surface area contributed by atoms with Gasteiger partial charge in [-0.3, -0.25) is 0 Å². The summed E-state index contributed by atoms with van der Waals surface area (Å²) in [5.74, 6) is 0. The third-order valence-corrected chi connectivity index (χ3v) is 6.06. The molecule has 0 atom stereocenters. The number of benzene rings is 1. The van der Waals surface area contributed by atoms with Gasteiger partial charge in [0.05, 0.1) is 4.90 Å². The molecule has 0 saturated heterocycles. The van der Waals surface area contributed by atoms with Crippen LogP contribution in [0.2, 0.25) is 0 Å². The molecule has 0 bridgehead atoms. The second-order valence-electron chi connectivity index (χ2n) is 3.90. The van der Waals surface area contributed by atoms with E-state index >= 15 is 0 Å². The van der Waals surface area contributed by atoms with Crippen molar-refractivity contribution in [3.63, 3.8) is 0 Å². The number of anilines is 1. The molecule has 0 saturated carbocycles. The molecule has 1 N–H and O–H groups in total. The summed E-state index contributed by atoms with van der Waals surface area (Å²) >= 11 is 1.96. The number of sulfone groups is 1. The van der Waals surface area contributed by atoms with Gasteiger partial charge in [0.25, 0.3) is 9.84 Å². The Morgan fingerprint density at radius 3 is 2.59 bits per heavy atom. The summed E-state index contributed by atoms with van der Waals surface area (Å²) in [4.78, 5) is -0.827. The lowest BCUT2D eigenvalue weighted by molar-refractivity contribution is -0.0437. The molecule has 0 unspecified atom stereocenters. The number of aromatic nitrogens is 2. The van der Waals surface area contributed by atoms with Crippen LogP contribution in [-0.4, -0.2) is 30.7 Å². The zero-order valence-corrected chi connectivity index (χ0v) is 13.5. The first-order chi connectivity index (χ1) is 10.3. The van der Waals surface area contributed by atoms with E-state index in [2.05, 4.69) is 15.5 Å². The van der Waals surface area contributed by atoms with Crippen molar-refractivity contribution in [1.29, 1.82) is 0 Å². The predicted molar refractivity (Wildman–Crippen MR) is 77.9 cm³/mol. The van der Waals surface area contributed by atoms with Crippen LogP contribution in [0.4, 0.5) is 18.3 Å². The molecule has 0 spiro atoms. The normalized spacial score (nSPS) is 12.4. The largest absolute Gasteiger partial charge is 0.501 e. The van der Waals surface area contributed by atoms with Crippen LogP contribution in [0.5, 0.6) is 0 Å². The van der Waals surface area contributed by atoms with E-state index in [4.69, 9.17) is 0 Å². The molecular weight excluding hydrogens is 359 g/mol. The topological polar surface area (TPSA) is 72.0 Å². The Morgan fingerprint density at radius 1 is 1.27 bits per heavy atom. The number of hydrogen-bond donors (Lipinski definition) is 1. The molecule has 120 valence electrons. The third-order valence-electron chi connectivity index (χ3n) is 2.38. The van der Waals surface area contributed by atoms with Gasteiger partial charge in [0.1, 0.15) is 0 Å². The van der Waals surface area contributed by atoms with Crippen LogP contribution in [0.25, 0.3) is 0 Å². The van der Waals surface area contributed by atoms with Gasteiger partial charge in [-0.05, 0) is 19.1 Å². The van der Waals surface area contributed by atoms with Gasteiger partial charge in [0.15, 0.2) is 4.34 Å². The van der Waals surface area contributed by atoms with E-state index in [9.17, 15) is 21.6 Å². The van der Waals surface area contributed by atoms with Crippen LogP contribution in [-0.2, 0) is 9.84 Å². The summed E-state index contributed by atoms with van der Waals surface area (Å²) < 4.78 is 61.7. The zero-order valence-electron chi connectivity index (χ0n) is 11.1. The molecule has 2 rings (SSSR count). The average molecular weight is 369 g/mol. The van der Waals surface area contributed by atoms with Crippen LogP contribution in [0.15, 0.2) is 38.4 Å². The molecule has 11 heteroatoms. The minimum atomic E-state index is -5.41. The van der Waals surface area contributed by atoms with Crippen molar-refractivity contribution < 1.29 is 21.6 Å². The first kappa shape index (κ1) is 17.0. The van der Waals surface area contributed by atoms with Crippen LogP contribution in [0, 0.1) is 0 Å². The minimum Gasteiger partial charge on any atom is -0.360 e. The van der Waals surface area contributed by atoms with E-state index < -0.39 is 20.2 Å². The summed E-state index contributed by atoms with van der Waals surface area (Å²) in [6.07, 6.45) is 0. The molecule has 1 heterocycles. The van der Waals surface area contributed by atoms with E-state index in [0.717, 1.165) is 29.2 Å². The Labute approximate surface area is 132 Å². The standard InChI is InChI=1S/C11H10F3N3O2S3/c1-2-15-9-16-17-10(21-9)20-7-5-3-4-6-8(7)22(18,19)11(12,13)14/h3-6H,2H2,1H3,(H,15,16). The van der Waals surface area contributed by atoms with E-state index in [-0.39, 0.29) is 4.90 Å². The van der Waals surface area contributed by atoms with E-state index in [0.29, 0.717) is 16.0 Å². The van der Waals surface area contributed by atoms with Gasteiger partial charge in [0, 0.05) is 11.4 Å². The van der Waals surface area contributed by atoms with E-state index in [1.54, 1.807) is 0 Å². The first-order valence-corrected chi connectivity index (χ1v) is 9.03. The highest BCUT2D eigenvalue weighted by Crippen LogP contribution is 2.39. The highest BCUT2D eigenvalue weighted by atomic mass is 32.2. The van der Waals surface area contributed by atoms with Gasteiger partial charge < -0.3 is 5.32 Å². The Morgan fingerprint density at radius 2 is 1.95 bits per heavy atom. The minimum absolute atomic E-state index is 0.0426. The van der Waals surface area contributed by atoms with Crippen molar-refractivity contribution in [3.05, 3.63) is 24.3 Å². The lowest BCUT2D eigenvalue weighted by Gasteiger charge is -2.11. The van der Waals surface area contributed by atoms with Crippen LogP contribution in [0.1, 0.15) is 6.92 Å². The number of nitrogens with one attached hydrogen (secondary N) is 1. The number of alkyl halides is 3. The van der Waals surface area contributed by atoms with Gasteiger partial charge in [-0.25, -0.2) is 8.42 Å². The average Bonchev–Trinajstić information content (AvgIpc) is 2.86. The molecule has 0 fully saturated rings. The summed E-state index contributed by atoms with van der Waals surface area (Å²) in [7, 11) is -5.41. The number of hydrogen-bond acceptors (Lipinski definition) is 7. The second kappa shape index (κ2) is 6.42. The highest BCUT2D eigenvalue weighted by Gasteiger charge is 2.47. The molecule has 5 nitrogen and oxygen atoms in total. The summed E-state index contributed by atoms with van der Waals surface area (Å²) in [5, 5.41) is 11.0. The molecule has 2 aromatic rings. The van der Waals surface area contributed by atoms with Gasteiger partial charge >= 0.3 is 5.51 Å². The lowest BCUT2D eigenvalue weighted by Crippen LogP contribution is -2.23. The summed E-state index contributed by atoms with van der Waals surface area (Å²) in [6.45, 7) is 2.48. The zero-order chi connectivity index (χ0) is 16.4. The number of rotatable bonds is 5. The predicted octanol–water partition coefficient (Wildman–Crippen LogP) is 3.41. The van der Waals surface area contributed by atoms with Crippen molar-refractivity contribution in [3.8, 4) is 0 Å². The van der Waals surface area contributed by atoms with Crippen molar-refractivity contribution in [2.24, 2.45) is 0 Å². The van der Waals surface area contributed by atoms with Crippen molar-refractivity contribution >= 4 is 38.1 Å². The second-order valence-corrected chi connectivity index (χ2v) is 8.08. The van der Waals surface area contributed by atoms with Gasteiger partial charge in [-0.1, -0.05) is 35.2 Å². The maximum absolute atomic E-state index is 12.7. The Bertz CT molecular complexity index is 759. The van der Waals surface area contributed by atoms with Gasteiger partial charge in [-0.15, -0.1) is 10.2 Å². The molecule has 0 radical (unpaired) electrons. The molecule has 0 aliphatic carbocycles.